The van der Waals surface area contributed by atoms with Crippen molar-refractivity contribution in [2.75, 3.05) is 30.3 Å². The lowest BCUT2D eigenvalue weighted by atomic mass is 9.95. The monoisotopic (exact) mass is 278 g/mol. The maximum atomic E-state index is 6.08. The van der Waals surface area contributed by atoms with E-state index in [-0.39, 0.29) is 5.41 Å². The SMILES string of the molecule is CC1CN(c2nccc(N)n2)CCC1OCC(C)(C)C. The Hall–Kier alpha value is -1.36. The van der Waals surface area contributed by atoms with Gasteiger partial charge in [0.05, 0.1) is 12.7 Å². The maximum absolute atomic E-state index is 6.08. The molecular formula is C15H26N4O. The second kappa shape index (κ2) is 5.95. The van der Waals surface area contributed by atoms with Crippen LogP contribution in [0.5, 0.6) is 0 Å². The lowest BCUT2D eigenvalue weighted by Gasteiger charge is -2.37. The Labute approximate surface area is 121 Å². The highest BCUT2D eigenvalue weighted by molar-refractivity contribution is 5.38. The molecule has 1 aliphatic rings. The van der Waals surface area contributed by atoms with Crippen LogP contribution in [0.1, 0.15) is 34.1 Å². The topological polar surface area (TPSA) is 64.3 Å². The van der Waals surface area contributed by atoms with Gasteiger partial charge in [-0.25, -0.2) is 4.98 Å². The highest BCUT2D eigenvalue weighted by atomic mass is 16.5. The average Bonchev–Trinajstić information content (AvgIpc) is 2.36. The van der Waals surface area contributed by atoms with Crippen LogP contribution in [0.2, 0.25) is 0 Å². The summed E-state index contributed by atoms with van der Waals surface area (Å²) in [4.78, 5) is 10.8. The van der Waals surface area contributed by atoms with E-state index in [4.69, 9.17) is 10.5 Å². The first-order chi connectivity index (χ1) is 9.35. The van der Waals surface area contributed by atoms with Gasteiger partial charge in [0.2, 0.25) is 5.95 Å². The van der Waals surface area contributed by atoms with Crippen molar-refractivity contribution in [1.29, 1.82) is 0 Å². The lowest BCUT2D eigenvalue weighted by molar-refractivity contribution is -0.0277. The molecule has 20 heavy (non-hydrogen) atoms. The summed E-state index contributed by atoms with van der Waals surface area (Å²) in [5, 5.41) is 0. The zero-order valence-electron chi connectivity index (χ0n) is 13.0. The molecule has 0 bridgehead atoms. The van der Waals surface area contributed by atoms with E-state index in [1.54, 1.807) is 12.3 Å². The average molecular weight is 278 g/mol. The van der Waals surface area contributed by atoms with Gasteiger partial charge in [-0.05, 0) is 23.8 Å². The minimum Gasteiger partial charge on any atom is -0.384 e. The molecule has 5 nitrogen and oxygen atoms in total. The van der Waals surface area contributed by atoms with E-state index in [0.717, 1.165) is 32.1 Å². The molecule has 1 saturated heterocycles. The van der Waals surface area contributed by atoms with Gasteiger partial charge >= 0.3 is 0 Å². The number of hydrogen-bond acceptors (Lipinski definition) is 5. The van der Waals surface area contributed by atoms with Gasteiger partial charge in [-0.3, -0.25) is 0 Å². The van der Waals surface area contributed by atoms with Gasteiger partial charge in [-0.15, -0.1) is 0 Å². The molecule has 2 heterocycles. The summed E-state index contributed by atoms with van der Waals surface area (Å²) in [7, 11) is 0. The fraction of sp³-hybridized carbons (Fsp3) is 0.733. The molecule has 0 radical (unpaired) electrons. The quantitative estimate of drug-likeness (QED) is 0.919. The Morgan fingerprint density at radius 3 is 2.80 bits per heavy atom. The smallest absolute Gasteiger partial charge is 0.227 e. The largest absolute Gasteiger partial charge is 0.384 e. The predicted octanol–water partition coefficient (Wildman–Crippen LogP) is 2.34. The number of hydrogen-bond donors (Lipinski definition) is 1. The predicted molar refractivity (Wildman–Crippen MR) is 81.6 cm³/mol. The van der Waals surface area contributed by atoms with E-state index in [2.05, 4.69) is 42.6 Å². The molecule has 0 aliphatic carbocycles. The molecule has 2 unspecified atom stereocenters. The first kappa shape index (κ1) is 15.0. The molecule has 0 spiro atoms. The molecule has 0 amide bonds. The molecule has 1 aliphatic heterocycles. The van der Waals surface area contributed by atoms with Crippen LogP contribution in [-0.2, 0) is 4.74 Å². The third-order valence-electron chi connectivity index (χ3n) is 3.50. The summed E-state index contributed by atoms with van der Waals surface area (Å²) in [5.74, 6) is 1.72. The number of rotatable bonds is 3. The summed E-state index contributed by atoms with van der Waals surface area (Å²) in [6.45, 7) is 11.5. The van der Waals surface area contributed by atoms with Gasteiger partial charge in [0, 0.05) is 19.3 Å². The van der Waals surface area contributed by atoms with E-state index in [9.17, 15) is 0 Å². The summed E-state index contributed by atoms with van der Waals surface area (Å²) >= 11 is 0. The van der Waals surface area contributed by atoms with Gasteiger partial charge in [0.15, 0.2) is 0 Å². The van der Waals surface area contributed by atoms with Crippen LogP contribution in [0.15, 0.2) is 12.3 Å². The van der Waals surface area contributed by atoms with E-state index in [1.807, 2.05) is 0 Å². The molecule has 112 valence electrons. The molecule has 1 fully saturated rings. The van der Waals surface area contributed by atoms with Crippen LogP contribution in [0.25, 0.3) is 0 Å². The maximum Gasteiger partial charge on any atom is 0.227 e. The molecule has 1 aromatic heterocycles. The van der Waals surface area contributed by atoms with Gasteiger partial charge in [-0.1, -0.05) is 27.7 Å². The number of piperidine rings is 1. The van der Waals surface area contributed by atoms with Gasteiger partial charge in [0.25, 0.3) is 0 Å². The highest BCUT2D eigenvalue weighted by Gasteiger charge is 2.29. The molecule has 5 heteroatoms. The molecule has 2 N–H and O–H groups in total. The number of nitrogen functional groups attached to an aromatic ring is 1. The van der Waals surface area contributed by atoms with E-state index >= 15 is 0 Å². The second-order valence-electron chi connectivity index (χ2n) is 6.90. The molecule has 1 aromatic rings. The van der Waals surface area contributed by atoms with E-state index in [1.165, 1.54) is 0 Å². The third-order valence-corrected chi connectivity index (χ3v) is 3.50. The molecule has 2 atom stereocenters. The van der Waals surface area contributed by atoms with Crippen molar-refractivity contribution >= 4 is 11.8 Å². The highest BCUT2D eigenvalue weighted by Crippen LogP contribution is 2.25. The summed E-state index contributed by atoms with van der Waals surface area (Å²) in [5.41, 5.74) is 5.94. The normalized spacial score (nSPS) is 23.9. The number of anilines is 2. The van der Waals surface area contributed by atoms with Crippen molar-refractivity contribution in [3.05, 3.63) is 12.3 Å². The number of aromatic nitrogens is 2. The van der Waals surface area contributed by atoms with Crippen molar-refractivity contribution in [2.24, 2.45) is 11.3 Å². The fourth-order valence-electron chi connectivity index (χ4n) is 2.42. The Morgan fingerprint density at radius 1 is 1.45 bits per heavy atom. The molecule has 0 aromatic carbocycles. The fourth-order valence-corrected chi connectivity index (χ4v) is 2.42. The number of nitrogens with two attached hydrogens (primary N) is 1. The van der Waals surface area contributed by atoms with Crippen molar-refractivity contribution in [2.45, 2.75) is 40.2 Å². The standard InChI is InChI=1S/C15H26N4O/c1-11-9-19(14-17-7-5-13(16)18-14)8-6-12(11)20-10-15(2,3)4/h5,7,11-12H,6,8-10H2,1-4H3,(H2,16,17,18). The summed E-state index contributed by atoms with van der Waals surface area (Å²) in [6, 6.07) is 1.71. The van der Waals surface area contributed by atoms with Crippen LogP contribution in [0.3, 0.4) is 0 Å². The lowest BCUT2D eigenvalue weighted by Crippen LogP contribution is -2.44. The molecular weight excluding hydrogens is 252 g/mol. The van der Waals surface area contributed by atoms with Crippen LogP contribution < -0.4 is 10.6 Å². The van der Waals surface area contributed by atoms with Crippen LogP contribution in [-0.4, -0.2) is 35.8 Å². The third kappa shape index (κ3) is 4.07. The van der Waals surface area contributed by atoms with Gasteiger partial charge in [0.1, 0.15) is 5.82 Å². The minimum absolute atomic E-state index is 0.216. The first-order valence-corrected chi connectivity index (χ1v) is 7.30. The van der Waals surface area contributed by atoms with Crippen LogP contribution in [0, 0.1) is 11.3 Å². The van der Waals surface area contributed by atoms with Crippen molar-refractivity contribution in [3.8, 4) is 0 Å². The van der Waals surface area contributed by atoms with Gasteiger partial charge in [-0.2, -0.15) is 4.98 Å². The number of ether oxygens (including phenoxy) is 1. The van der Waals surface area contributed by atoms with Crippen LogP contribution >= 0.6 is 0 Å². The second-order valence-corrected chi connectivity index (χ2v) is 6.90. The summed E-state index contributed by atoms with van der Waals surface area (Å²) < 4.78 is 6.08. The Balaban J connectivity index is 1.92. The Morgan fingerprint density at radius 2 is 2.20 bits per heavy atom. The Kier molecular flexibility index (Phi) is 4.48. The Bertz CT molecular complexity index is 444. The van der Waals surface area contributed by atoms with Gasteiger partial charge < -0.3 is 15.4 Å². The van der Waals surface area contributed by atoms with Crippen molar-refractivity contribution < 1.29 is 4.74 Å². The minimum atomic E-state index is 0.216. The van der Waals surface area contributed by atoms with E-state index in [0.29, 0.717) is 17.8 Å². The zero-order valence-corrected chi connectivity index (χ0v) is 13.0. The molecule has 2 rings (SSSR count). The van der Waals surface area contributed by atoms with Crippen molar-refractivity contribution in [1.82, 2.24) is 9.97 Å². The first-order valence-electron chi connectivity index (χ1n) is 7.30. The number of nitrogens with zero attached hydrogens (tertiary/aromatic N) is 3. The molecule has 0 saturated carbocycles. The van der Waals surface area contributed by atoms with Crippen LogP contribution in [0.4, 0.5) is 11.8 Å². The summed E-state index contributed by atoms with van der Waals surface area (Å²) in [6.07, 6.45) is 3.05. The van der Waals surface area contributed by atoms with E-state index < -0.39 is 0 Å². The van der Waals surface area contributed by atoms with Crippen molar-refractivity contribution in [3.63, 3.8) is 0 Å². The zero-order chi connectivity index (χ0) is 14.8.